The molecule has 0 saturated carbocycles. The summed E-state index contributed by atoms with van der Waals surface area (Å²) < 4.78 is 13.8. The van der Waals surface area contributed by atoms with Gasteiger partial charge in [0.1, 0.15) is 5.82 Å². The monoisotopic (exact) mass is 226 g/mol. The summed E-state index contributed by atoms with van der Waals surface area (Å²) in [4.78, 5) is 1.77. The van der Waals surface area contributed by atoms with E-state index in [1.807, 2.05) is 20.0 Å². The van der Waals surface area contributed by atoms with E-state index in [0.717, 1.165) is 5.56 Å². The van der Waals surface area contributed by atoms with Crippen molar-refractivity contribution in [1.29, 1.82) is 0 Å². The summed E-state index contributed by atoms with van der Waals surface area (Å²) in [5, 5.41) is 12.1. The Morgan fingerprint density at radius 2 is 2.19 bits per heavy atom. The van der Waals surface area contributed by atoms with Crippen molar-refractivity contribution in [2.45, 2.75) is 19.5 Å². The average molecular weight is 226 g/mol. The van der Waals surface area contributed by atoms with E-state index in [-0.39, 0.29) is 18.5 Å². The molecule has 2 N–H and O–H groups in total. The Morgan fingerprint density at radius 1 is 1.50 bits per heavy atom. The Hall–Kier alpha value is -1.13. The van der Waals surface area contributed by atoms with Crippen LogP contribution in [0.25, 0.3) is 0 Å². The maximum Gasteiger partial charge on any atom is 0.146 e. The molecule has 0 bridgehead atoms. The fourth-order valence-corrected chi connectivity index (χ4v) is 1.63. The molecular weight excluding hydrogens is 207 g/mol. The summed E-state index contributed by atoms with van der Waals surface area (Å²) in [5.41, 5.74) is 1.45. The smallest absolute Gasteiger partial charge is 0.146 e. The van der Waals surface area contributed by atoms with E-state index >= 15 is 0 Å². The molecule has 4 heteroatoms. The van der Waals surface area contributed by atoms with Gasteiger partial charge in [-0.1, -0.05) is 12.1 Å². The van der Waals surface area contributed by atoms with E-state index in [9.17, 15) is 4.39 Å². The van der Waals surface area contributed by atoms with Crippen molar-refractivity contribution in [3.8, 4) is 0 Å². The second kappa shape index (κ2) is 5.82. The Morgan fingerprint density at radius 3 is 2.75 bits per heavy atom. The molecule has 0 aliphatic rings. The molecule has 0 aliphatic carbocycles. The predicted molar refractivity (Wildman–Crippen MR) is 64.1 cm³/mol. The topological polar surface area (TPSA) is 35.5 Å². The lowest BCUT2D eigenvalue weighted by atomic mass is 10.1. The van der Waals surface area contributed by atoms with E-state index in [2.05, 4.69) is 5.32 Å². The van der Waals surface area contributed by atoms with Crippen molar-refractivity contribution < 1.29 is 9.50 Å². The standard InChI is InChI=1S/C12H19FN2O/c1-9(8-16)15(3)12-10(7-14-2)5-4-6-11(12)13/h4-6,9,14,16H,7-8H2,1-3H3. The number of likely N-dealkylation sites (N-methyl/N-ethyl adjacent to an activating group) is 1. The number of halogens is 1. The van der Waals surface area contributed by atoms with Crippen LogP contribution in [0.2, 0.25) is 0 Å². The first kappa shape index (κ1) is 12.9. The molecule has 0 fully saturated rings. The molecule has 0 aliphatic heterocycles. The fourth-order valence-electron chi connectivity index (χ4n) is 1.63. The molecule has 0 saturated heterocycles. The molecule has 1 unspecified atom stereocenters. The van der Waals surface area contributed by atoms with Crippen LogP contribution in [0, 0.1) is 5.82 Å². The minimum atomic E-state index is -0.254. The van der Waals surface area contributed by atoms with E-state index < -0.39 is 0 Å². The summed E-state index contributed by atoms with van der Waals surface area (Å²) in [6, 6.07) is 4.92. The third kappa shape index (κ3) is 2.71. The summed E-state index contributed by atoms with van der Waals surface area (Å²) in [5.74, 6) is -0.254. The first-order valence-corrected chi connectivity index (χ1v) is 5.37. The Balaban J connectivity index is 3.08. The van der Waals surface area contributed by atoms with Crippen LogP contribution in [-0.2, 0) is 6.54 Å². The minimum Gasteiger partial charge on any atom is -0.394 e. The van der Waals surface area contributed by atoms with Gasteiger partial charge < -0.3 is 15.3 Å². The van der Waals surface area contributed by atoms with Gasteiger partial charge in [0.25, 0.3) is 0 Å². The second-order valence-corrected chi connectivity index (χ2v) is 3.92. The van der Waals surface area contributed by atoms with E-state index in [0.29, 0.717) is 12.2 Å². The Kier molecular flexibility index (Phi) is 4.71. The molecule has 0 radical (unpaired) electrons. The molecule has 0 heterocycles. The van der Waals surface area contributed by atoms with Crippen molar-refractivity contribution in [2.24, 2.45) is 0 Å². The van der Waals surface area contributed by atoms with Gasteiger partial charge in [-0.2, -0.15) is 0 Å². The molecule has 1 aromatic carbocycles. The van der Waals surface area contributed by atoms with Gasteiger partial charge in [-0.3, -0.25) is 0 Å². The van der Waals surface area contributed by atoms with Crippen molar-refractivity contribution in [3.05, 3.63) is 29.6 Å². The summed E-state index contributed by atoms with van der Waals surface area (Å²) in [6.07, 6.45) is 0. The van der Waals surface area contributed by atoms with Crippen LogP contribution in [0.3, 0.4) is 0 Å². The molecule has 16 heavy (non-hydrogen) atoms. The predicted octanol–water partition coefficient (Wildman–Crippen LogP) is 1.36. The highest BCUT2D eigenvalue weighted by Gasteiger charge is 2.16. The normalized spacial score (nSPS) is 12.6. The Labute approximate surface area is 95.9 Å². The van der Waals surface area contributed by atoms with Gasteiger partial charge >= 0.3 is 0 Å². The molecule has 0 spiro atoms. The zero-order chi connectivity index (χ0) is 12.1. The van der Waals surface area contributed by atoms with Gasteiger partial charge in [0.2, 0.25) is 0 Å². The zero-order valence-corrected chi connectivity index (χ0v) is 10.00. The highest BCUT2D eigenvalue weighted by Crippen LogP contribution is 2.24. The van der Waals surface area contributed by atoms with Gasteiger partial charge in [0, 0.05) is 19.6 Å². The number of hydrogen-bond acceptors (Lipinski definition) is 3. The molecular formula is C12H19FN2O. The lowest BCUT2D eigenvalue weighted by molar-refractivity contribution is 0.269. The Bertz CT molecular complexity index is 344. The maximum atomic E-state index is 13.8. The molecule has 90 valence electrons. The zero-order valence-electron chi connectivity index (χ0n) is 10.00. The summed E-state index contributed by atoms with van der Waals surface area (Å²) in [7, 11) is 3.61. The van der Waals surface area contributed by atoms with Crippen molar-refractivity contribution >= 4 is 5.69 Å². The summed E-state index contributed by atoms with van der Waals surface area (Å²) in [6.45, 7) is 2.47. The largest absolute Gasteiger partial charge is 0.394 e. The lowest BCUT2D eigenvalue weighted by Gasteiger charge is -2.28. The second-order valence-electron chi connectivity index (χ2n) is 3.92. The van der Waals surface area contributed by atoms with Crippen molar-refractivity contribution in [2.75, 3.05) is 25.6 Å². The number of benzene rings is 1. The van der Waals surface area contributed by atoms with Crippen LogP contribution in [0.5, 0.6) is 0 Å². The molecule has 3 nitrogen and oxygen atoms in total. The lowest BCUT2D eigenvalue weighted by Crippen LogP contribution is -2.33. The quantitative estimate of drug-likeness (QED) is 0.796. The number of hydrogen-bond donors (Lipinski definition) is 2. The highest BCUT2D eigenvalue weighted by molar-refractivity contribution is 5.55. The number of para-hydroxylation sites is 1. The van der Waals surface area contributed by atoms with E-state index in [4.69, 9.17) is 5.11 Å². The number of aliphatic hydroxyl groups excluding tert-OH is 1. The van der Waals surface area contributed by atoms with Crippen LogP contribution in [0.4, 0.5) is 10.1 Å². The van der Waals surface area contributed by atoms with Gasteiger partial charge in [-0.05, 0) is 25.6 Å². The maximum absolute atomic E-state index is 13.8. The van der Waals surface area contributed by atoms with Crippen LogP contribution < -0.4 is 10.2 Å². The third-order valence-corrected chi connectivity index (χ3v) is 2.72. The first-order valence-electron chi connectivity index (χ1n) is 5.37. The number of anilines is 1. The SMILES string of the molecule is CNCc1cccc(F)c1N(C)C(C)CO. The number of aliphatic hydroxyl groups is 1. The average Bonchev–Trinajstić information content (AvgIpc) is 2.28. The van der Waals surface area contributed by atoms with Crippen LogP contribution in [0.1, 0.15) is 12.5 Å². The number of rotatable bonds is 5. The van der Waals surface area contributed by atoms with Crippen molar-refractivity contribution in [3.63, 3.8) is 0 Å². The van der Waals surface area contributed by atoms with Gasteiger partial charge in [0.05, 0.1) is 12.3 Å². The van der Waals surface area contributed by atoms with Gasteiger partial charge in [0.15, 0.2) is 0 Å². The van der Waals surface area contributed by atoms with Crippen LogP contribution in [0.15, 0.2) is 18.2 Å². The van der Waals surface area contributed by atoms with Crippen LogP contribution >= 0.6 is 0 Å². The fraction of sp³-hybridized carbons (Fsp3) is 0.500. The minimum absolute atomic E-state index is 0.00380. The molecule has 1 aromatic rings. The molecule has 1 atom stereocenters. The summed E-state index contributed by atoms with van der Waals surface area (Å²) >= 11 is 0. The number of nitrogens with zero attached hydrogens (tertiary/aromatic N) is 1. The highest BCUT2D eigenvalue weighted by atomic mass is 19.1. The number of nitrogens with one attached hydrogen (secondary N) is 1. The third-order valence-electron chi connectivity index (χ3n) is 2.72. The van der Waals surface area contributed by atoms with Gasteiger partial charge in [-0.15, -0.1) is 0 Å². The molecule has 1 rings (SSSR count). The first-order chi connectivity index (χ1) is 7.61. The molecule has 0 aromatic heterocycles. The van der Waals surface area contributed by atoms with Crippen molar-refractivity contribution in [1.82, 2.24) is 5.32 Å². The van der Waals surface area contributed by atoms with Crippen LogP contribution in [-0.4, -0.2) is 31.9 Å². The molecule has 0 amide bonds. The van der Waals surface area contributed by atoms with Gasteiger partial charge in [-0.25, -0.2) is 4.39 Å². The van der Waals surface area contributed by atoms with E-state index in [1.165, 1.54) is 6.07 Å². The van der Waals surface area contributed by atoms with E-state index in [1.54, 1.807) is 18.0 Å².